The summed E-state index contributed by atoms with van der Waals surface area (Å²) >= 11 is 0. The van der Waals surface area contributed by atoms with Crippen molar-refractivity contribution >= 4 is 35.8 Å². The third kappa shape index (κ3) is 3.99. The Morgan fingerprint density at radius 3 is 1.14 bits per heavy atom. The lowest BCUT2D eigenvalue weighted by Gasteiger charge is -2.34. The second kappa shape index (κ2) is 8.26. The number of aryl methyl sites for hydroxylation is 3. The standard InChI is InChI=1S/C27H27BSi/c1-21-9-15-25(16-10-21)29(26-17-11-22(2)12-18-26,27-19-13-23(3)14-20-27)28-24-7-5-4-6-8-24/h4-20,28H,1-3H3. The molecule has 0 aromatic heterocycles. The molecule has 0 aliphatic carbocycles. The van der Waals surface area contributed by atoms with Gasteiger partial charge in [0.15, 0.2) is 6.87 Å². The minimum absolute atomic E-state index is 1.06. The summed E-state index contributed by atoms with van der Waals surface area (Å²) in [4.78, 5) is 0. The van der Waals surface area contributed by atoms with E-state index in [1.54, 1.807) is 0 Å². The number of benzene rings is 4. The minimum atomic E-state index is -2.23. The molecule has 0 bridgehead atoms. The zero-order chi connectivity index (χ0) is 20.3. The molecule has 0 saturated carbocycles. The average molecular weight is 390 g/mol. The van der Waals surface area contributed by atoms with E-state index < -0.39 is 7.94 Å². The maximum absolute atomic E-state index is 2.37. The van der Waals surface area contributed by atoms with Gasteiger partial charge >= 0.3 is 0 Å². The SMILES string of the molecule is Cc1ccc([Si](Bc2ccccc2)(c2ccc(C)cc2)c2ccc(C)cc2)cc1. The number of hydrogen-bond acceptors (Lipinski definition) is 0. The number of rotatable bonds is 5. The second-order valence-corrected chi connectivity index (χ2v) is 12.1. The smallest absolute Gasteiger partial charge is 0.0860 e. The first-order valence-corrected chi connectivity index (χ1v) is 12.5. The molecule has 0 N–H and O–H groups in total. The largest absolute Gasteiger partial charge is 0.168 e. The molecule has 0 fully saturated rings. The Labute approximate surface area is 176 Å². The monoisotopic (exact) mass is 390 g/mol. The fraction of sp³-hybridized carbons (Fsp3) is 0.111. The summed E-state index contributed by atoms with van der Waals surface area (Å²) in [5.74, 6) is 0. The van der Waals surface area contributed by atoms with Gasteiger partial charge in [0.05, 0.1) is 0 Å². The zero-order valence-electron chi connectivity index (χ0n) is 17.5. The van der Waals surface area contributed by atoms with Gasteiger partial charge in [0.25, 0.3) is 0 Å². The fourth-order valence-corrected chi connectivity index (χ4v) is 8.89. The van der Waals surface area contributed by atoms with Crippen LogP contribution in [0.15, 0.2) is 103 Å². The van der Waals surface area contributed by atoms with Crippen LogP contribution in [0.3, 0.4) is 0 Å². The first-order valence-electron chi connectivity index (χ1n) is 10.3. The van der Waals surface area contributed by atoms with Gasteiger partial charge < -0.3 is 0 Å². The van der Waals surface area contributed by atoms with Crippen LogP contribution in [0.2, 0.25) is 0 Å². The highest BCUT2D eigenvalue weighted by atomic mass is 28.3. The van der Waals surface area contributed by atoms with E-state index in [0.717, 1.165) is 6.87 Å². The molecule has 0 aliphatic rings. The van der Waals surface area contributed by atoms with Gasteiger partial charge in [0, 0.05) is 0 Å². The van der Waals surface area contributed by atoms with Crippen LogP contribution in [0, 0.1) is 20.8 Å². The Morgan fingerprint density at radius 1 is 0.448 bits per heavy atom. The lowest BCUT2D eigenvalue weighted by Crippen LogP contribution is -2.73. The van der Waals surface area contributed by atoms with E-state index in [1.807, 2.05) is 0 Å². The van der Waals surface area contributed by atoms with Gasteiger partial charge in [0.1, 0.15) is 7.94 Å². The highest BCUT2D eigenvalue weighted by Crippen LogP contribution is 2.10. The number of hydrogen-bond donors (Lipinski definition) is 0. The maximum Gasteiger partial charge on any atom is 0.168 e. The second-order valence-electron chi connectivity index (χ2n) is 8.17. The topological polar surface area (TPSA) is 0 Å². The molecule has 29 heavy (non-hydrogen) atoms. The summed E-state index contributed by atoms with van der Waals surface area (Å²) in [6.45, 7) is 7.56. The maximum atomic E-state index is 2.37. The Kier molecular flexibility index (Phi) is 5.55. The molecule has 0 amide bonds. The van der Waals surface area contributed by atoms with Crippen LogP contribution in [-0.2, 0) is 0 Å². The van der Waals surface area contributed by atoms with E-state index in [9.17, 15) is 0 Å². The molecule has 0 saturated heterocycles. The van der Waals surface area contributed by atoms with Crippen LogP contribution in [-0.4, -0.2) is 14.8 Å². The van der Waals surface area contributed by atoms with Crippen molar-refractivity contribution in [2.45, 2.75) is 20.8 Å². The summed E-state index contributed by atoms with van der Waals surface area (Å²) in [5, 5.41) is 4.42. The molecule has 0 nitrogen and oxygen atoms in total. The van der Waals surface area contributed by atoms with Gasteiger partial charge in [-0.1, -0.05) is 141 Å². The Morgan fingerprint density at radius 2 is 0.793 bits per heavy atom. The van der Waals surface area contributed by atoms with Gasteiger partial charge in [0.2, 0.25) is 0 Å². The van der Waals surface area contributed by atoms with Gasteiger partial charge in [-0.05, 0) is 20.8 Å². The third-order valence-corrected chi connectivity index (χ3v) is 10.8. The van der Waals surface area contributed by atoms with Crippen molar-refractivity contribution in [1.82, 2.24) is 0 Å². The van der Waals surface area contributed by atoms with Crippen molar-refractivity contribution in [3.8, 4) is 0 Å². The van der Waals surface area contributed by atoms with E-state index >= 15 is 0 Å². The Balaban J connectivity index is 2.01. The Bertz CT molecular complexity index is 955. The van der Waals surface area contributed by atoms with Gasteiger partial charge in [-0.15, -0.1) is 0 Å². The summed E-state index contributed by atoms with van der Waals surface area (Å²) in [6, 6.07) is 38.8. The normalized spacial score (nSPS) is 11.3. The van der Waals surface area contributed by atoms with Crippen molar-refractivity contribution in [3.05, 3.63) is 120 Å². The average Bonchev–Trinajstić information content (AvgIpc) is 2.75. The van der Waals surface area contributed by atoms with E-state index in [1.165, 1.54) is 37.7 Å². The van der Waals surface area contributed by atoms with Crippen molar-refractivity contribution in [1.29, 1.82) is 0 Å². The van der Waals surface area contributed by atoms with Crippen LogP contribution in [0.1, 0.15) is 16.7 Å². The quantitative estimate of drug-likeness (QED) is 0.362. The molecule has 0 heterocycles. The van der Waals surface area contributed by atoms with Gasteiger partial charge in [-0.3, -0.25) is 0 Å². The molecule has 142 valence electrons. The molecule has 0 spiro atoms. The molecule has 0 aliphatic heterocycles. The Hall–Kier alpha value is -2.84. The summed E-state index contributed by atoms with van der Waals surface area (Å²) < 4.78 is 0. The molecule has 0 unspecified atom stereocenters. The van der Waals surface area contributed by atoms with Crippen molar-refractivity contribution in [2.75, 3.05) is 0 Å². The highest BCUT2D eigenvalue weighted by molar-refractivity contribution is 7.46. The molecular formula is C27H27BSi. The molecule has 4 aromatic carbocycles. The van der Waals surface area contributed by atoms with E-state index in [-0.39, 0.29) is 0 Å². The van der Waals surface area contributed by atoms with Crippen LogP contribution in [0.25, 0.3) is 0 Å². The summed E-state index contributed by atoms with van der Waals surface area (Å²) in [7, 11) is -2.23. The van der Waals surface area contributed by atoms with Crippen LogP contribution >= 0.6 is 0 Å². The third-order valence-electron chi connectivity index (χ3n) is 5.95. The fourth-order valence-electron chi connectivity index (χ4n) is 4.22. The predicted molar refractivity (Wildman–Crippen MR) is 131 cm³/mol. The van der Waals surface area contributed by atoms with Crippen LogP contribution < -0.4 is 21.0 Å². The molecular weight excluding hydrogens is 363 g/mol. The molecule has 0 atom stereocenters. The van der Waals surface area contributed by atoms with E-state index in [4.69, 9.17) is 0 Å². The first-order chi connectivity index (χ1) is 14.1. The van der Waals surface area contributed by atoms with Crippen LogP contribution in [0.5, 0.6) is 0 Å². The van der Waals surface area contributed by atoms with Gasteiger partial charge in [-0.2, -0.15) is 0 Å². The lowest BCUT2D eigenvalue weighted by molar-refractivity contribution is 1.47. The predicted octanol–water partition coefficient (Wildman–Crippen LogP) is 3.34. The van der Waals surface area contributed by atoms with Crippen molar-refractivity contribution in [3.63, 3.8) is 0 Å². The molecule has 4 rings (SSSR count). The van der Waals surface area contributed by atoms with Crippen molar-refractivity contribution < 1.29 is 0 Å². The van der Waals surface area contributed by atoms with Crippen molar-refractivity contribution in [2.24, 2.45) is 0 Å². The summed E-state index contributed by atoms with van der Waals surface area (Å²) in [5.41, 5.74) is 5.33. The lowest BCUT2D eigenvalue weighted by atomic mass is 9.94. The van der Waals surface area contributed by atoms with Crippen LogP contribution in [0.4, 0.5) is 0 Å². The minimum Gasteiger partial charge on any atom is -0.0860 e. The molecule has 2 heteroatoms. The first kappa shape index (κ1) is 19.5. The zero-order valence-corrected chi connectivity index (χ0v) is 18.5. The molecule has 4 aromatic rings. The highest BCUT2D eigenvalue weighted by Gasteiger charge is 2.40. The molecule has 0 radical (unpaired) electrons. The van der Waals surface area contributed by atoms with Gasteiger partial charge in [-0.25, -0.2) is 0 Å². The van der Waals surface area contributed by atoms with E-state index in [0.29, 0.717) is 0 Å². The summed E-state index contributed by atoms with van der Waals surface area (Å²) in [6.07, 6.45) is 0. The van der Waals surface area contributed by atoms with E-state index in [2.05, 4.69) is 124 Å².